The maximum atomic E-state index is 12.6. The van der Waals surface area contributed by atoms with E-state index < -0.39 is 0 Å². The predicted octanol–water partition coefficient (Wildman–Crippen LogP) is 0.702. The molecule has 1 aliphatic rings. The lowest BCUT2D eigenvalue weighted by atomic mass is 9.98. The minimum Gasteiger partial charge on any atom is -0.357 e. The number of rotatable bonds is 6. The van der Waals surface area contributed by atoms with E-state index in [1.54, 1.807) is 17.8 Å². The predicted molar refractivity (Wildman–Crippen MR) is 98.9 cm³/mol. The summed E-state index contributed by atoms with van der Waals surface area (Å²) in [6, 6.07) is 3.88. The summed E-state index contributed by atoms with van der Waals surface area (Å²) < 4.78 is 2.95. The van der Waals surface area contributed by atoms with E-state index in [-0.39, 0.29) is 17.5 Å². The van der Waals surface area contributed by atoms with Gasteiger partial charge in [-0.2, -0.15) is 5.10 Å². The van der Waals surface area contributed by atoms with Crippen LogP contribution in [0.2, 0.25) is 0 Å². The first-order valence-electron chi connectivity index (χ1n) is 9.14. The Kier molecular flexibility index (Phi) is 5.39. The summed E-state index contributed by atoms with van der Waals surface area (Å²) in [6.07, 6.45) is 3.13. The van der Waals surface area contributed by atoms with E-state index in [2.05, 4.69) is 34.1 Å². The Morgan fingerprint density at radius 2 is 2.15 bits per heavy atom. The Balaban J connectivity index is 1.67. The molecule has 0 aromatic carbocycles. The van der Waals surface area contributed by atoms with Gasteiger partial charge >= 0.3 is 5.69 Å². The van der Waals surface area contributed by atoms with Crippen LogP contribution in [0.4, 0.5) is 5.82 Å². The van der Waals surface area contributed by atoms with Gasteiger partial charge in [0.1, 0.15) is 11.6 Å². The van der Waals surface area contributed by atoms with Crippen LogP contribution in [0.5, 0.6) is 0 Å². The van der Waals surface area contributed by atoms with E-state index in [0.29, 0.717) is 25.9 Å². The number of amides is 1. The summed E-state index contributed by atoms with van der Waals surface area (Å²) in [5.41, 5.74) is 0.841. The van der Waals surface area contributed by atoms with Crippen molar-refractivity contribution in [3.05, 3.63) is 40.2 Å². The number of carbonyl (C=O) groups is 1. The van der Waals surface area contributed by atoms with Crippen molar-refractivity contribution in [2.45, 2.75) is 39.8 Å². The van der Waals surface area contributed by atoms with Crippen molar-refractivity contribution in [2.75, 3.05) is 18.0 Å². The third-order valence-electron chi connectivity index (χ3n) is 4.96. The molecule has 3 heterocycles. The summed E-state index contributed by atoms with van der Waals surface area (Å²) in [5.74, 6) is 1.43. The third kappa shape index (κ3) is 3.49. The number of aryl methyl sites for hydroxylation is 2. The van der Waals surface area contributed by atoms with Crippen LogP contribution in [0.15, 0.2) is 23.1 Å². The monoisotopic (exact) mass is 358 g/mol. The van der Waals surface area contributed by atoms with Gasteiger partial charge in [-0.25, -0.2) is 14.5 Å². The van der Waals surface area contributed by atoms with Crippen molar-refractivity contribution >= 4 is 11.7 Å². The van der Waals surface area contributed by atoms with E-state index in [1.807, 2.05) is 12.1 Å². The highest BCUT2D eigenvalue weighted by atomic mass is 16.2. The Hall–Kier alpha value is -2.64. The van der Waals surface area contributed by atoms with Gasteiger partial charge in [-0.05, 0) is 26.3 Å². The van der Waals surface area contributed by atoms with Crippen molar-refractivity contribution in [1.82, 2.24) is 24.6 Å². The van der Waals surface area contributed by atoms with Crippen LogP contribution in [-0.2, 0) is 31.4 Å². The first-order chi connectivity index (χ1) is 12.5. The Morgan fingerprint density at radius 1 is 1.38 bits per heavy atom. The average Bonchev–Trinajstić information content (AvgIpc) is 2.95. The second-order valence-electron chi connectivity index (χ2n) is 6.54. The molecule has 2 aromatic heterocycles. The van der Waals surface area contributed by atoms with Crippen molar-refractivity contribution in [3.8, 4) is 0 Å². The standard InChI is InChI=1S/C18H26N6O2/c1-4-23(5-2)16-13(7-6-10-19-16)11-20-17(25)14-8-9-15-21-22(3)18(26)24(15)12-14/h6-7,10,14H,4-5,8-9,11-12H2,1-3H3,(H,20,25)/t14-/m0/s1. The number of fused-ring (bicyclic) bond motifs is 1. The molecule has 0 saturated heterocycles. The lowest BCUT2D eigenvalue weighted by Gasteiger charge is -2.24. The SMILES string of the molecule is CCN(CC)c1ncccc1CNC(=O)[C@H]1CCc2nn(C)c(=O)n2C1. The molecule has 1 N–H and O–H groups in total. The highest BCUT2D eigenvalue weighted by Crippen LogP contribution is 2.19. The van der Waals surface area contributed by atoms with Crippen molar-refractivity contribution in [2.24, 2.45) is 13.0 Å². The minimum atomic E-state index is -0.210. The second kappa shape index (κ2) is 7.72. The normalized spacial score (nSPS) is 16.2. The maximum absolute atomic E-state index is 12.6. The van der Waals surface area contributed by atoms with Crippen molar-refractivity contribution in [1.29, 1.82) is 0 Å². The fourth-order valence-corrected chi connectivity index (χ4v) is 3.46. The summed E-state index contributed by atoms with van der Waals surface area (Å²) in [6.45, 7) is 6.73. The molecule has 8 nitrogen and oxygen atoms in total. The molecular weight excluding hydrogens is 332 g/mol. The molecule has 0 aliphatic carbocycles. The van der Waals surface area contributed by atoms with Crippen molar-refractivity contribution < 1.29 is 4.79 Å². The fraction of sp³-hybridized carbons (Fsp3) is 0.556. The first kappa shape index (κ1) is 18.2. The van der Waals surface area contributed by atoms with Crippen LogP contribution in [0.1, 0.15) is 31.7 Å². The highest BCUT2D eigenvalue weighted by molar-refractivity contribution is 5.78. The van der Waals surface area contributed by atoms with Gasteiger partial charge in [0, 0.05) is 51.4 Å². The molecule has 1 amide bonds. The number of nitrogens with one attached hydrogen (secondary N) is 1. The van der Waals surface area contributed by atoms with E-state index in [0.717, 1.165) is 30.3 Å². The Bertz CT molecular complexity index is 836. The number of carbonyl (C=O) groups excluding carboxylic acids is 1. The Labute approximate surface area is 152 Å². The van der Waals surface area contributed by atoms with E-state index >= 15 is 0 Å². The van der Waals surface area contributed by atoms with E-state index in [4.69, 9.17) is 0 Å². The molecule has 3 rings (SSSR count). The van der Waals surface area contributed by atoms with Crippen LogP contribution in [0, 0.1) is 5.92 Å². The number of anilines is 1. The molecule has 1 atom stereocenters. The first-order valence-corrected chi connectivity index (χ1v) is 9.14. The molecule has 0 radical (unpaired) electrons. The molecule has 0 fully saturated rings. The molecule has 1 aliphatic heterocycles. The summed E-state index contributed by atoms with van der Waals surface area (Å²) in [7, 11) is 1.64. The number of pyridine rings is 1. The van der Waals surface area contributed by atoms with E-state index in [1.165, 1.54) is 4.68 Å². The third-order valence-corrected chi connectivity index (χ3v) is 4.96. The topological polar surface area (TPSA) is 85.1 Å². The van der Waals surface area contributed by atoms with Gasteiger partial charge in [0.25, 0.3) is 0 Å². The van der Waals surface area contributed by atoms with Crippen LogP contribution >= 0.6 is 0 Å². The van der Waals surface area contributed by atoms with Gasteiger partial charge in [-0.1, -0.05) is 6.07 Å². The zero-order valence-electron chi connectivity index (χ0n) is 15.6. The van der Waals surface area contributed by atoms with Gasteiger partial charge < -0.3 is 10.2 Å². The fourth-order valence-electron chi connectivity index (χ4n) is 3.46. The largest absolute Gasteiger partial charge is 0.357 e. The second-order valence-corrected chi connectivity index (χ2v) is 6.54. The van der Waals surface area contributed by atoms with Crippen LogP contribution < -0.4 is 15.9 Å². The molecule has 2 aromatic rings. The molecule has 8 heteroatoms. The highest BCUT2D eigenvalue weighted by Gasteiger charge is 2.27. The smallest absolute Gasteiger partial charge is 0.345 e. The average molecular weight is 358 g/mol. The number of hydrogen-bond donors (Lipinski definition) is 1. The van der Waals surface area contributed by atoms with Gasteiger partial charge in [0.15, 0.2) is 0 Å². The van der Waals surface area contributed by atoms with Gasteiger partial charge in [-0.3, -0.25) is 9.36 Å². The number of nitrogens with zero attached hydrogens (tertiary/aromatic N) is 5. The molecule has 26 heavy (non-hydrogen) atoms. The molecule has 0 spiro atoms. The summed E-state index contributed by atoms with van der Waals surface area (Å²) >= 11 is 0. The zero-order valence-corrected chi connectivity index (χ0v) is 15.6. The lowest BCUT2D eigenvalue weighted by molar-refractivity contribution is -0.126. The lowest BCUT2D eigenvalue weighted by Crippen LogP contribution is -2.38. The Morgan fingerprint density at radius 3 is 2.88 bits per heavy atom. The minimum absolute atomic E-state index is 0.0271. The number of hydrogen-bond acceptors (Lipinski definition) is 5. The van der Waals surface area contributed by atoms with Crippen LogP contribution in [-0.4, -0.2) is 38.3 Å². The number of aromatic nitrogens is 4. The van der Waals surface area contributed by atoms with Gasteiger partial charge in [0.2, 0.25) is 5.91 Å². The molecule has 140 valence electrons. The molecule has 0 saturated carbocycles. The van der Waals surface area contributed by atoms with Crippen molar-refractivity contribution in [3.63, 3.8) is 0 Å². The summed E-state index contributed by atoms with van der Waals surface area (Å²) in [5, 5.41) is 7.23. The van der Waals surface area contributed by atoms with Crippen LogP contribution in [0.3, 0.4) is 0 Å². The van der Waals surface area contributed by atoms with Gasteiger partial charge in [-0.15, -0.1) is 0 Å². The zero-order chi connectivity index (χ0) is 18.7. The quantitative estimate of drug-likeness (QED) is 0.822. The van der Waals surface area contributed by atoms with Crippen LogP contribution in [0.25, 0.3) is 0 Å². The molecule has 0 bridgehead atoms. The van der Waals surface area contributed by atoms with E-state index in [9.17, 15) is 9.59 Å². The molecular formula is C18H26N6O2. The van der Waals surface area contributed by atoms with Gasteiger partial charge in [0.05, 0.1) is 5.92 Å². The molecule has 0 unspecified atom stereocenters. The maximum Gasteiger partial charge on any atom is 0.345 e. The summed E-state index contributed by atoms with van der Waals surface area (Å²) in [4.78, 5) is 31.3.